The fraction of sp³-hybridized carbons (Fsp3) is 0.471. The van der Waals surface area contributed by atoms with E-state index in [0.29, 0.717) is 12.5 Å². The Kier molecular flexibility index (Phi) is 4.71. The maximum Gasteiger partial charge on any atom is 0.254 e. The molecule has 1 amide bonds. The van der Waals surface area contributed by atoms with Gasteiger partial charge in [-0.25, -0.2) is 9.67 Å². The van der Waals surface area contributed by atoms with E-state index >= 15 is 0 Å². The lowest BCUT2D eigenvalue weighted by molar-refractivity contribution is 0.0659. The van der Waals surface area contributed by atoms with Crippen LogP contribution >= 0.6 is 0 Å². The van der Waals surface area contributed by atoms with Crippen molar-refractivity contribution in [1.29, 1.82) is 0 Å². The number of likely N-dealkylation sites (tertiary alicyclic amines) is 1. The molecule has 0 saturated carbocycles. The van der Waals surface area contributed by atoms with Crippen molar-refractivity contribution in [2.75, 3.05) is 13.1 Å². The minimum absolute atomic E-state index is 0.0889. The van der Waals surface area contributed by atoms with Gasteiger partial charge in [0, 0.05) is 24.7 Å². The molecular formula is C17H23N5O. The van der Waals surface area contributed by atoms with Crippen LogP contribution in [0.5, 0.6) is 0 Å². The van der Waals surface area contributed by atoms with Crippen molar-refractivity contribution >= 4 is 5.91 Å². The number of carbonyl (C=O) groups is 1. The number of nitrogens with two attached hydrogens (primary N) is 1. The first kappa shape index (κ1) is 15.7. The van der Waals surface area contributed by atoms with Crippen molar-refractivity contribution < 1.29 is 4.79 Å². The van der Waals surface area contributed by atoms with E-state index in [-0.39, 0.29) is 11.9 Å². The van der Waals surface area contributed by atoms with Gasteiger partial charge in [0.2, 0.25) is 0 Å². The molecule has 2 heterocycles. The smallest absolute Gasteiger partial charge is 0.254 e. The van der Waals surface area contributed by atoms with Gasteiger partial charge in [-0.1, -0.05) is 18.2 Å². The monoisotopic (exact) mass is 313 g/mol. The van der Waals surface area contributed by atoms with Crippen molar-refractivity contribution in [3.63, 3.8) is 0 Å². The average molecular weight is 313 g/mol. The van der Waals surface area contributed by atoms with E-state index in [2.05, 4.69) is 10.1 Å². The van der Waals surface area contributed by atoms with Crippen LogP contribution in [0.25, 0.3) is 0 Å². The Morgan fingerprint density at radius 3 is 3.00 bits per heavy atom. The lowest BCUT2D eigenvalue weighted by Crippen LogP contribution is -2.45. The fourth-order valence-electron chi connectivity index (χ4n) is 3.15. The van der Waals surface area contributed by atoms with Gasteiger partial charge in [0.1, 0.15) is 12.7 Å². The first-order valence-electron chi connectivity index (χ1n) is 8.10. The number of hydrogen-bond donors (Lipinski definition) is 1. The molecule has 2 unspecified atom stereocenters. The highest BCUT2D eigenvalue weighted by Crippen LogP contribution is 2.22. The lowest BCUT2D eigenvalue weighted by atomic mass is 9.91. The molecule has 2 aromatic rings. The van der Waals surface area contributed by atoms with Crippen molar-refractivity contribution in [3.05, 3.63) is 48.0 Å². The molecule has 2 N–H and O–H groups in total. The average Bonchev–Trinajstić information content (AvgIpc) is 3.08. The topological polar surface area (TPSA) is 77.0 Å². The highest BCUT2D eigenvalue weighted by atomic mass is 16.2. The molecule has 0 radical (unpaired) electrons. The Labute approximate surface area is 136 Å². The molecule has 2 atom stereocenters. The van der Waals surface area contributed by atoms with Gasteiger partial charge in [-0.3, -0.25) is 4.79 Å². The molecule has 0 bridgehead atoms. The molecule has 1 aliphatic rings. The Hall–Kier alpha value is -2.21. The van der Waals surface area contributed by atoms with Crippen LogP contribution in [-0.4, -0.2) is 44.7 Å². The maximum absolute atomic E-state index is 13.0. The normalized spacial score (nSPS) is 19.6. The largest absolute Gasteiger partial charge is 0.338 e. The van der Waals surface area contributed by atoms with Gasteiger partial charge in [-0.05, 0) is 37.3 Å². The van der Waals surface area contributed by atoms with Crippen molar-refractivity contribution in [2.24, 2.45) is 11.7 Å². The fourth-order valence-corrected chi connectivity index (χ4v) is 3.15. The predicted octanol–water partition coefficient (Wildman–Crippen LogP) is 1.53. The van der Waals surface area contributed by atoms with Crippen LogP contribution in [-0.2, 0) is 6.54 Å². The molecule has 6 nitrogen and oxygen atoms in total. The van der Waals surface area contributed by atoms with E-state index in [1.807, 2.05) is 36.1 Å². The molecule has 1 aliphatic heterocycles. The molecule has 122 valence electrons. The summed E-state index contributed by atoms with van der Waals surface area (Å²) in [6, 6.07) is 7.84. The van der Waals surface area contributed by atoms with E-state index in [0.717, 1.165) is 37.1 Å². The summed E-state index contributed by atoms with van der Waals surface area (Å²) in [5.74, 6) is 0.473. The van der Waals surface area contributed by atoms with E-state index in [1.54, 1.807) is 11.0 Å². The Bertz CT molecular complexity index is 653. The van der Waals surface area contributed by atoms with Crippen LogP contribution in [0, 0.1) is 5.92 Å². The standard InChI is InChI=1S/C17H23N5O/c1-13(18)14-6-4-8-21(9-14)17(23)16-7-3-2-5-15(16)10-22-12-19-11-20-22/h2-3,5,7,11-14H,4,6,8-10,18H2,1H3. The summed E-state index contributed by atoms with van der Waals surface area (Å²) in [5, 5.41) is 4.12. The number of benzene rings is 1. The number of hydrogen-bond acceptors (Lipinski definition) is 4. The summed E-state index contributed by atoms with van der Waals surface area (Å²) >= 11 is 0. The number of aromatic nitrogens is 3. The number of amides is 1. The van der Waals surface area contributed by atoms with Gasteiger partial charge < -0.3 is 10.6 Å². The van der Waals surface area contributed by atoms with Gasteiger partial charge in [-0.15, -0.1) is 0 Å². The van der Waals surface area contributed by atoms with Crippen LogP contribution in [0.3, 0.4) is 0 Å². The van der Waals surface area contributed by atoms with Gasteiger partial charge in [0.15, 0.2) is 0 Å². The third-order valence-corrected chi connectivity index (χ3v) is 4.54. The second-order valence-corrected chi connectivity index (χ2v) is 6.26. The first-order chi connectivity index (χ1) is 11.1. The summed E-state index contributed by atoms with van der Waals surface area (Å²) in [6.07, 6.45) is 5.28. The zero-order chi connectivity index (χ0) is 16.2. The quantitative estimate of drug-likeness (QED) is 0.928. The third kappa shape index (κ3) is 3.59. The maximum atomic E-state index is 13.0. The highest BCUT2D eigenvalue weighted by Gasteiger charge is 2.27. The van der Waals surface area contributed by atoms with E-state index in [4.69, 9.17) is 5.73 Å². The summed E-state index contributed by atoms with van der Waals surface area (Å²) in [6.45, 7) is 4.12. The van der Waals surface area contributed by atoms with Crippen molar-refractivity contribution in [2.45, 2.75) is 32.4 Å². The second-order valence-electron chi connectivity index (χ2n) is 6.26. The molecule has 1 saturated heterocycles. The molecule has 3 rings (SSSR count). The number of carbonyl (C=O) groups excluding carboxylic acids is 1. The Morgan fingerprint density at radius 2 is 2.26 bits per heavy atom. The zero-order valence-corrected chi connectivity index (χ0v) is 13.4. The van der Waals surface area contributed by atoms with E-state index in [1.165, 1.54) is 6.33 Å². The molecule has 23 heavy (non-hydrogen) atoms. The van der Waals surface area contributed by atoms with Gasteiger partial charge in [-0.2, -0.15) is 5.10 Å². The van der Waals surface area contributed by atoms with Crippen molar-refractivity contribution in [3.8, 4) is 0 Å². The molecule has 1 fully saturated rings. The number of nitrogens with zero attached hydrogens (tertiary/aromatic N) is 4. The Balaban J connectivity index is 1.79. The third-order valence-electron chi connectivity index (χ3n) is 4.54. The van der Waals surface area contributed by atoms with Gasteiger partial charge >= 0.3 is 0 Å². The summed E-state index contributed by atoms with van der Waals surface area (Å²) in [5.41, 5.74) is 7.74. The highest BCUT2D eigenvalue weighted by molar-refractivity contribution is 5.95. The minimum atomic E-state index is 0.0889. The number of piperidine rings is 1. The Morgan fingerprint density at radius 1 is 1.43 bits per heavy atom. The van der Waals surface area contributed by atoms with E-state index in [9.17, 15) is 4.79 Å². The second kappa shape index (κ2) is 6.91. The first-order valence-corrected chi connectivity index (χ1v) is 8.10. The molecule has 0 spiro atoms. The molecule has 1 aromatic heterocycles. The zero-order valence-electron chi connectivity index (χ0n) is 13.4. The molecular weight excluding hydrogens is 290 g/mol. The molecule has 0 aliphatic carbocycles. The summed E-state index contributed by atoms with van der Waals surface area (Å²) in [7, 11) is 0. The molecule has 6 heteroatoms. The van der Waals surface area contributed by atoms with Crippen LogP contribution in [0.4, 0.5) is 0 Å². The predicted molar refractivity (Wildman–Crippen MR) is 87.8 cm³/mol. The minimum Gasteiger partial charge on any atom is -0.338 e. The van der Waals surface area contributed by atoms with Gasteiger partial charge in [0.25, 0.3) is 5.91 Å². The van der Waals surface area contributed by atoms with Crippen LogP contribution < -0.4 is 5.73 Å². The summed E-state index contributed by atoms with van der Waals surface area (Å²) in [4.78, 5) is 18.9. The number of rotatable bonds is 4. The van der Waals surface area contributed by atoms with Crippen LogP contribution in [0.1, 0.15) is 35.7 Å². The van der Waals surface area contributed by atoms with Gasteiger partial charge in [0.05, 0.1) is 6.54 Å². The lowest BCUT2D eigenvalue weighted by Gasteiger charge is -2.35. The van der Waals surface area contributed by atoms with Crippen LogP contribution in [0.2, 0.25) is 0 Å². The SMILES string of the molecule is CC(N)C1CCCN(C(=O)c2ccccc2Cn2cncn2)C1. The van der Waals surface area contributed by atoms with E-state index < -0.39 is 0 Å². The summed E-state index contributed by atoms with van der Waals surface area (Å²) < 4.78 is 1.73. The van der Waals surface area contributed by atoms with Crippen molar-refractivity contribution in [1.82, 2.24) is 19.7 Å². The molecule has 1 aromatic carbocycles. The van der Waals surface area contributed by atoms with Crippen LogP contribution in [0.15, 0.2) is 36.9 Å².